The van der Waals surface area contributed by atoms with Crippen molar-refractivity contribution in [3.63, 3.8) is 0 Å². The largest absolute Gasteiger partial charge is 0.440 e. The van der Waals surface area contributed by atoms with Crippen LogP contribution in [0.25, 0.3) is 0 Å². The molecule has 0 saturated carbocycles. The molecule has 1 N–H and O–H groups in total. The summed E-state index contributed by atoms with van der Waals surface area (Å²) < 4.78 is 23.8. The smallest absolute Gasteiger partial charge is 0.417 e. The van der Waals surface area contributed by atoms with Crippen LogP contribution in [-0.4, -0.2) is 30.2 Å². The predicted molar refractivity (Wildman–Crippen MR) is 145 cm³/mol. The first-order valence-corrected chi connectivity index (χ1v) is 15.9. The van der Waals surface area contributed by atoms with Crippen molar-refractivity contribution in [3.05, 3.63) is 59.7 Å². The van der Waals surface area contributed by atoms with Crippen LogP contribution in [0.4, 0.5) is 0 Å². The van der Waals surface area contributed by atoms with Gasteiger partial charge in [0.1, 0.15) is 5.75 Å². The summed E-state index contributed by atoms with van der Waals surface area (Å²) in [5.74, 6) is 1.96. The molecule has 1 amide bonds. The van der Waals surface area contributed by atoms with Crippen LogP contribution in [-0.2, 0) is 9.09 Å². The third-order valence-corrected chi connectivity index (χ3v) is 9.61. The number of carbonyl (C=O) groups is 1. The zero-order valence-electron chi connectivity index (χ0n) is 20.2. The maximum atomic E-state index is 12.8. The van der Waals surface area contributed by atoms with E-state index in [1.165, 1.54) is 37.1 Å². The van der Waals surface area contributed by atoms with Crippen molar-refractivity contribution >= 4 is 42.1 Å². The second-order valence-electron chi connectivity index (χ2n) is 7.49. The molecule has 1 atom stereocenters. The SMILES string of the molecule is CCCCCCSc1cccc(C(=O)NN=Cc2ccc(OP(=O)(OCC)SCCC)cc2)c1. The van der Waals surface area contributed by atoms with Gasteiger partial charge in [-0.05, 0) is 84.9 Å². The summed E-state index contributed by atoms with van der Waals surface area (Å²) in [4.78, 5) is 13.5. The number of amides is 1. The Balaban J connectivity index is 1.87. The number of nitrogens with zero attached hydrogens (tertiary/aromatic N) is 1. The Morgan fingerprint density at radius 1 is 1.03 bits per heavy atom. The summed E-state index contributed by atoms with van der Waals surface area (Å²) in [5, 5.41) is 4.06. The van der Waals surface area contributed by atoms with Gasteiger partial charge in [0.25, 0.3) is 5.91 Å². The first-order valence-electron chi connectivity index (χ1n) is 11.7. The first-order chi connectivity index (χ1) is 16.5. The summed E-state index contributed by atoms with van der Waals surface area (Å²) in [5.41, 5.74) is 3.93. The Morgan fingerprint density at radius 3 is 2.53 bits per heavy atom. The van der Waals surface area contributed by atoms with E-state index in [1.54, 1.807) is 55.2 Å². The molecule has 0 fully saturated rings. The van der Waals surface area contributed by atoms with E-state index < -0.39 is 6.80 Å². The Hall–Kier alpha value is -1.73. The average molecular weight is 523 g/mol. The second kappa shape index (κ2) is 16.0. The van der Waals surface area contributed by atoms with Crippen LogP contribution in [0.3, 0.4) is 0 Å². The van der Waals surface area contributed by atoms with Crippen LogP contribution in [0, 0.1) is 0 Å². The fourth-order valence-electron chi connectivity index (χ4n) is 2.87. The zero-order chi connectivity index (χ0) is 24.7. The van der Waals surface area contributed by atoms with Gasteiger partial charge in [-0.25, -0.2) is 9.99 Å². The number of hydrogen-bond donors (Lipinski definition) is 1. The van der Waals surface area contributed by atoms with Crippen LogP contribution >= 0.6 is 29.9 Å². The number of benzene rings is 2. The van der Waals surface area contributed by atoms with Gasteiger partial charge < -0.3 is 4.52 Å². The van der Waals surface area contributed by atoms with Gasteiger partial charge in [-0.3, -0.25) is 9.32 Å². The van der Waals surface area contributed by atoms with E-state index >= 15 is 0 Å². The fourth-order valence-corrected chi connectivity index (χ4v) is 7.30. The first kappa shape index (κ1) is 28.5. The van der Waals surface area contributed by atoms with Crippen LogP contribution < -0.4 is 9.95 Å². The third-order valence-electron chi connectivity index (χ3n) is 4.58. The third kappa shape index (κ3) is 10.7. The Labute approximate surface area is 211 Å². The molecule has 1 unspecified atom stereocenters. The van der Waals surface area contributed by atoms with Crippen LogP contribution in [0.1, 0.15) is 68.8 Å². The minimum atomic E-state index is -3.23. The van der Waals surface area contributed by atoms with E-state index in [-0.39, 0.29) is 5.91 Å². The Kier molecular flexibility index (Phi) is 13.4. The molecule has 0 radical (unpaired) electrons. The molecule has 2 aromatic carbocycles. The quantitative estimate of drug-likeness (QED) is 0.0797. The molecule has 9 heteroatoms. The lowest BCUT2D eigenvalue weighted by atomic mass is 10.2. The molecule has 0 aliphatic carbocycles. The molecular formula is C25H35N2O4PS2. The lowest BCUT2D eigenvalue weighted by molar-refractivity contribution is 0.0955. The summed E-state index contributed by atoms with van der Waals surface area (Å²) in [6.07, 6.45) is 7.37. The Bertz CT molecular complexity index is 954. The summed E-state index contributed by atoms with van der Waals surface area (Å²) in [6, 6.07) is 14.6. The molecule has 0 bridgehead atoms. The van der Waals surface area contributed by atoms with Crippen molar-refractivity contribution in [1.29, 1.82) is 0 Å². The molecule has 0 aromatic heterocycles. The molecule has 2 aromatic rings. The number of hydrogen-bond acceptors (Lipinski definition) is 7. The summed E-state index contributed by atoms with van der Waals surface area (Å²) in [6.45, 7) is 3.10. The number of nitrogens with one attached hydrogen (secondary N) is 1. The normalized spacial score (nSPS) is 13.0. The molecule has 0 heterocycles. The van der Waals surface area contributed by atoms with Gasteiger partial charge >= 0.3 is 6.80 Å². The number of carbonyl (C=O) groups excluding carboxylic acids is 1. The van der Waals surface area contributed by atoms with E-state index in [1.807, 2.05) is 25.1 Å². The highest BCUT2D eigenvalue weighted by Gasteiger charge is 2.26. The topological polar surface area (TPSA) is 77.0 Å². The lowest BCUT2D eigenvalue weighted by Crippen LogP contribution is -2.17. The number of rotatable bonds is 16. The molecule has 186 valence electrons. The van der Waals surface area contributed by atoms with Gasteiger partial charge in [0.2, 0.25) is 0 Å². The van der Waals surface area contributed by atoms with E-state index in [4.69, 9.17) is 9.05 Å². The van der Waals surface area contributed by atoms with Crippen molar-refractivity contribution in [3.8, 4) is 5.75 Å². The minimum Gasteiger partial charge on any atom is -0.417 e. The highest BCUT2D eigenvalue weighted by Crippen LogP contribution is 2.60. The Morgan fingerprint density at radius 2 is 1.82 bits per heavy atom. The van der Waals surface area contributed by atoms with E-state index in [0.717, 1.165) is 22.6 Å². The maximum absolute atomic E-state index is 12.8. The monoisotopic (exact) mass is 522 g/mol. The van der Waals surface area contributed by atoms with Crippen molar-refractivity contribution in [2.45, 2.75) is 57.8 Å². The van der Waals surface area contributed by atoms with Crippen molar-refractivity contribution in [2.75, 3.05) is 18.1 Å². The molecule has 0 aliphatic rings. The van der Waals surface area contributed by atoms with Crippen LogP contribution in [0.5, 0.6) is 5.75 Å². The molecule has 0 aliphatic heterocycles. The van der Waals surface area contributed by atoms with Crippen molar-refractivity contribution in [1.82, 2.24) is 5.43 Å². The van der Waals surface area contributed by atoms with E-state index in [9.17, 15) is 9.36 Å². The van der Waals surface area contributed by atoms with Gasteiger partial charge in [-0.2, -0.15) is 5.10 Å². The number of hydrazone groups is 1. The maximum Gasteiger partial charge on any atom is 0.440 e. The minimum absolute atomic E-state index is 0.254. The van der Waals surface area contributed by atoms with Gasteiger partial charge in [0.15, 0.2) is 0 Å². The van der Waals surface area contributed by atoms with Crippen LogP contribution in [0.15, 0.2) is 58.5 Å². The summed E-state index contributed by atoms with van der Waals surface area (Å²) in [7, 11) is 0. The summed E-state index contributed by atoms with van der Waals surface area (Å²) >= 11 is 2.98. The number of thioether (sulfide) groups is 1. The predicted octanol–water partition coefficient (Wildman–Crippen LogP) is 7.79. The highest BCUT2D eigenvalue weighted by atomic mass is 32.7. The standard InChI is InChI=1S/C25H35N2O4PS2/c1-4-7-8-9-18-33-24-12-10-11-22(19-24)25(28)27-26-20-21-13-15-23(16-14-21)31-32(29,30-6-3)34-17-5-2/h10-16,19-20H,4-9,17-18H2,1-3H3,(H,27,28). The second-order valence-corrected chi connectivity index (χ2v) is 12.8. The molecule has 0 spiro atoms. The molecule has 2 rings (SSSR count). The van der Waals surface area contributed by atoms with Gasteiger partial charge in [-0.1, -0.05) is 39.2 Å². The van der Waals surface area contributed by atoms with Gasteiger partial charge in [0.05, 0.1) is 12.8 Å². The molecular weight excluding hydrogens is 487 g/mol. The van der Waals surface area contributed by atoms with E-state index in [0.29, 0.717) is 23.7 Å². The van der Waals surface area contributed by atoms with Gasteiger partial charge in [0, 0.05) is 16.2 Å². The van der Waals surface area contributed by atoms with Gasteiger partial charge in [-0.15, -0.1) is 11.8 Å². The fraction of sp³-hybridized carbons (Fsp3) is 0.440. The van der Waals surface area contributed by atoms with E-state index in [2.05, 4.69) is 17.5 Å². The van der Waals surface area contributed by atoms with Crippen molar-refractivity contribution < 1.29 is 18.4 Å². The average Bonchev–Trinajstić information content (AvgIpc) is 2.84. The lowest BCUT2D eigenvalue weighted by Gasteiger charge is -2.17. The molecule has 34 heavy (non-hydrogen) atoms. The highest BCUT2D eigenvalue weighted by molar-refractivity contribution is 8.55. The molecule has 6 nitrogen and oxygen atoms in total. The number of unbranched alkanes of at least 4 members (excludes halogenated alkanes) is 3. The van der Waals surface area contributed by atoms with Crippen molar-refractivity contribution in [2.24, 2.45) is 5.10 Å². The van der Waals surface area contributed by atoms with Crippen LogP contribution in [0.2, 0.25) is 0 Å². The zero-order valence-corrected chi connectivity index (χ0v) is 22.7. The molecule has 0 saturated heterocycles.